The Morgan fingerprint density at radius 1 is 0.912 bits per heavy atom. The van der Waals surface area contributed by atoms with Crippen molar-refractivity contribution in [3.05, 3.63) is 102 Å². The number of aryl methyl sites for hydroxylation is 2. The fourth-order valence-corrected chi connectivity index (χ4v) is 6.75. The van der Waals surface area contributed by atoms with Gasteiger partial charge in [0.25, 0.3) is 10.0 Å². The Bertz CT molecular complexity index is 1510. The van der Waals surface area contributed by atoms with Gasteiger partial charge in [0.15, 0.2) is 0 Å². The molecular weight excluding hydrogens is 464 g/mol. The summed E-state index contributed by atoms with van der Waals surface area (Å²) in [7, 11) is -3.81. The lowest BCUT2D eigenvalue weighted by atomic mass is 10.1. The van der Waals surface area contributed by atoms with Crippen molar-refractivity contribution in [2.75, 3.05) is 15.4 Å². The maximum absolute atomic E-state index is 13.3. The molecule has 1 N–H and O–H groups in total. The minimum absolute atomic E-state index is 0.0467. The van der Waals surface area contributed by atoms with E-state index in [4.69, 9.17) is 0 Å². The summed E-state index contributed by atoms with van der Waals surface area (Å²) < 4.78 is 29.3. The molecule has 1 heterocycles. The molecule has 0 saturated carbocycles. The van der Waals surface area contributed by atoms with Gasteiger partial charge in [-0.15, -0.1) is 11.8 Å². The number of carbonyl (C=O) groups is 1. The van der Waals surface area contributed by atoms with Gasteiger partial charge in [0.1, 0.15) is 5.37 Å². The van der Waals surface area contributed by atoms with E-state index >= 15 is 0 Å². The average molecular weight is 489 g/mol. The van der Waals surface area contributed by atoms with Gasteiger partial charge in [0.2, 0.25) is 5.91 Å². The molecule has 5 rings (SSSR count). The van der Waals surface area contributed by atoms with Gasteiger partial charge < -0.3 is 0 Å². The van der Waals surface area contributed by atoms with E-state index in [1.165, 1.54) is 0 Å². The zero-order valence-corrected chi connectivity index (χ0v) is 20.5. The molecule has 1 atom stereocenters. The molecule has 5 nitrogen and oxygen atoms in total. The third-order valence-electron chi connectivity index (χ3n) is 5.96. The number of nitrogens with zero attached hydrogens (tertiary/aromatic N) is 1. The van der Waals surface area contributed by atoms with E-state index in [2.05, 4.69) is 4.72 Å². The molecule has 34 heavy (non-hydrogen) atoms. The Hall–Kier alpha value is -3.29. The Morgan fingerprint density at radius 2 is 1.68 bits per heavy atom. The first-order chi connectivity index (χ1) is 16.3. The van der Waals surface area contributed by atoms with Crippen LogP contribution in [0, 0.1) is 13.8 Å². The number of amides is 1. The van der Waals surface area contributed by atoms with Gasteiger partial charge in [0.05, 0.1) is 10.6 Å². The highest BCUT2D eigenvalue weighted by Gasteiger charge is 2.35. The van der Waals surface area contributed by atoms with Crippen molar-refractivity contribution in [2.24, 2.45) is 0 Å². The van der Waals surface area contributed by atoms with Gasteiger partial charge in [-0.05, 0) is 60.2 Å². The Balaban J connectivity index is 1.49. The van der Waals surface area contributed by atoms with Crippen LogP contribution >= 0.6 is 11.8 Å². The van der Waals surface area contributed by atoms with Crippen LogP contribution < -0.4 is 9.62 Å². The summed E-state index contributed by atoms with van der Waals surface area (Å²) in [5.74, 6) is 0.426. The third-order valence-corrected chi connectivity index (χ3v) is 8.61. The van der Waals surface area contributed by atoms with Gasteiger partial charge in [-0.2, -0.15) is 0 Å². The molecule has 0 radical (unpaired) electrons. The molecule has 0 aliphatic carbocycles. The molecule has 4 aromatic carbocycles. The van der Waals surface area contributed by atoms with Gasteiger partial charge in [0, 0.05) is 16.8 Å². The highest BCUT2D eigenvalue weighted by molar-refractivity contribution is 8.00. The number of fused-ring (bicyclic) bond motifs is 1. The van der Waals surface area contributed by atoms with E-state index in [-0.39, 0.29) is 16.2 Å². The number of anilines is 2. The number of sulfonamides is 1. The topological polar surface area (TPSA) is 66.5 Å². The predicted octanol–water partition coefficient (Wildman–Crippen LogP) is 6.04. The van der Waals surface area contributed by atoms with Crippen LogP contribution in [0.25, 0.3) is 10.8 Å². The zero-order chi connectivity index (χ0) is 23.9. The summed E-state index contributed by atoms with van der Waals surface area (Å²) in [5.41, 5.74) is 4.34. The number of hydrogen-bond acceptors (Lipinski definition) is 4. The monoisotopic (exact) mass is 488 g/mol. The molecule has 0 spiro atoms. The fraction of sp³-hybridized carbons (Fsp3) is 0.148. The fourth-order valence-electron chi connectivity index (χ4n) is 4.31. The van der Waals surface area contributed by atoms with Gasteiger partial charge in [-0.3, -0.25) is 14.4 Å². The molecule has 4 aromatic rings. The molecule has 7 heteroatoms. The first kappa shape index (κ1) is 22.5. The summed E-state index contributed by atoms with van der Waals surface area (Å²) in [4.78, 5) is 14.9. The lowest BCUT2D eigenvalue weighted by molar-refractivity contribution is -0.115. The summed E-state index contributed by atoms with van der Waals surface area (Å²) >= 11 is 1.55. The molecule has 0 bridgehead atoms. The number of hydrogen-bond donors (Lipinski definition) is 1. The van der Waals surface area contributed by atoms with Crippen molar-refractivity contribution < 1.29 is 13.2 Å². The quantitative estimate of drug-likeness (QED) is 0.372. The van der Waals surface area contributed by atoms with Crippen molar-refractivity contribution in [3.8, 4) is 0 Å². The Kier molecular flexibility index (Phi) is 5.83. The largest absolute Gasteiger partial charge is 0.295 e. The van der Waals surface area contributed by atoms with Gasteiger partial charge >= 0.3 is 0 Å². The van der Waals surface area contributed by atoms with E-state index in [0.29, 0.717) is 16.8 Å². The van der Waals surface area contributed by atoms with E-state index in [1.54, 1.807) is 30.0 Å². The van der Waals surface area contributed by atoms with Crippen molar-refractivity contribution in [1.82, 2.24) is 0 Å². The minimum atomic E-state index is -3.81. The van der Waals surface area contributed by atoms with E-state index < -0.39 is 10.0 Å². The second-order valence-corrected chi connectivity index (χ2v) is 11.1. The second-order valence-electron chi connectivity index (χ2n) is 8.43. The number of nitrogens with one attached hydrogen (secondary N) is 1. The van der Waals surface area contributed by atoms with Crippen LogP contribution in [0.2, 0.25) is 0 Å². The number of thioether (sulfide) groups is 1. The molecule has 172 valence electrons. The number of carbonyl (C=O) groups excluding carboxylic acids is 1. The normalized spacial score (nSPS) is 16.2. The van der Waals surface area contributed by atoms with Crippen LogP contribution in [0.1, 0.15) is 22.1 Å². The van der Waals surface area contributed by atoms with E-state index in [1.807, 2.05) is 85.5 Å². The lowest BCUT2D eigenvalue weighted by Crippen LogP contribution is -2.28. The zero-order valence-electron chi connectivity index (χ0n) is 18.9. The molecule has 1 unspecified atom stereocenters. The predicted molar refractivity (Wildman–Crippen MR) is 140 cm³/mol. The first-order valence-corrected chi connectivity index (χ1v) is 13.5. The van der Waals surface area contributed by atoms with Crippen LogP contribution in [0.3, 0.4) is 0 Å². The van der Waals surface area contributed by atoms with Gasteiger partial charge in [-0.25, -0.2) is 8.42 Å². The van der Waals surface area contributed by atoms with Crippen LogP contribution in [0.4, 0.5) is 11.4 Å². The van der Waals surface area contributed by atoms with Crippen LogP contribution in [0.5, 0.6) is 0 Å². The molecular formula is C27H24N2O3S2. The highest BCUT2D eigenvalue weighted by atomic mass is 32.2. The second kappa shape index (κ2) is 8.81. The maximum Gasteiger partial charge on any atom is 0.262 e. The van der Waals surface area contributed by atoms with Crippen molar-refractivity contribution in [2.45, 2.75) is 24.1 Å². The molecule has 1 amide bonds. The Morgan fingerprint density at radius 3 is 2.53 bits per heavy atom. The number of rotatable bonds is 5. The maximum atomic E-state index is 13.3. The smallest absolute Gasteiger partial charge is 0.262 e. The van der Waals surface area contributed by atoms with E-state index in [0.717, 1.165) is 27.8 Å². The average Bonchev–Trinajstić information content (AvgIpc) is 3.21. The van der Waals surface area contributed by atoms with Crippen LogP contribution in [0.15, 0.2) is 89.8 Å². The standard InChI is InChI=1S/C27H24N2O3S2/c1-18-13-14-19(2)24(15-18)29-26(30)17-33-27(29)21-9-5-10-22(16-21)28-34(31,32)25-12-6-8-20-7-3-4-11-23(20)25/h3-16,27-28H,17H2,1-2H3. The molecule has 1 fully saturated rings. The third kappa shape index (κ3) is 4.17. The minimum Gasteiger partial charge on any atom is -0.295 e. The molecule has 1 aliphatic heterocycles. The molecule has 1 aliphatic rings. The summed E-state index contributed by atoms with van der Waals surface area (Å²) in [6.07, 6.45) is 0. The van der Waals surface area contributed by atoms with Crippen molar-refractivity contribution in [1.29, 1.82) is 0 Å². The molecule has 0 aromatic heterocycles. The van der Waals surface area contributed by atoms with E-state index in [9.17, 15) is 13.2 Å². The number of benzene rings is 4. The molecule has 1 saturated heterocycles. The summed E-state index contributed by atoms with van der Waals surface area (Å²) in [6, 6.07) is 26.1. The van der Waals surface area contributed by atoms with Crippen molar-refractivity contribution in [3.63, 3.8) is 0 Å². The lowest BCUT2D eigenvalue weighted by Gasteiger charge is -2.26. The van der Waals surface area contributed by atoms with Crippen molar-refractivity contribution >= 4 is 49.8 Å². The van der Waals surface area contributed by atoms with Gasteiger partial charge in [-0.1, -0.05) is 60.7 Å². The van der Waals surface area contributed by atoms with Crippen LogP contribution in [-0.2, 0) is 14.8 Å². The Labute approximate surface area is 203 Å². The SMILES string of the molecule is Cc1ccc(C)c(N2C(=O)CSC2c2cccc(NS(=O)(=O)c3cccc4ccccc34)c2)c1. The summed E-state index contributed by atoms with van der Waals surface area (Å²) in [5, 5.41) is 1.31. The van der Waals surface area contributed by atoms with Crippen LogP contribution in [-0.4, -0.2) is 20.1 Å². The summed E-state index contributed by atoms with van der Waals surface area (Å²) in [6.45, 7) is 4.01. The highest BCUT2D eigenvalue weighted by Crippen LogP contribution is 2.43. The first-order valence-electron chi connectivity index (χ1n) is 10.9.